The van der Waals surface area contributed by atoms with Gasteiger partial charge in [0.25, 0.3) is 0 Å². The van der Waals surface area contributed by atoms with Gasteiger partial charge in [0.2, 0.25) is 11.8 Å². The average Bonchev–Trinajstić information content (AvgIpc) is 2.45. The zero-order chi connectivity index (χ0) is 14.5. The normalized spacial score (nSPS) is 18.3. The van der Waals surface area contributed by atoms with Gasteiger partial charge in [0.1, 0.15) is 5.75 Å². The van der Waals surface area contributed by atoms with E-state index in [0.29, 0.717) is 25.9 Å². The largest absolute Gasteiger partial charge is 0.496 e. The topological polar surface area (TPSA) is 67.4 Å². The van der Waals surface area contributed by atoms with Gasteiger partial charge in [-0.05, 0) is 24.6 Å². The van der Waals surface area contributed by atoms with Crippen molar-refractivity contribution >= 4 is 27.7 Å². The molecule has 0 spiro atoms. The molecule has 5 nitrogen and oxygen atoms in total. The second-order valence-corrected chi connectivity index (χ2v) is 5.63. The van der Waals surface area contributed by atoms with Gasteiger partial charge in [0, 0.05) is 29.5 Å². The summed E-state index contributed by atoms with van der Waals surface area (Å²) in [5.74, 6) is 0.575. The number of carbonyl (C=O) groups is 2. The molecule has 6 heteroatoms. The first-order chi connectivity index (χ1) is 9.60. The molecule has 1 aliphatic rings. The standard InChI is InChI=1S/C14H17BrN2O3/c1-20-12-4-3-11(15)6-10(12)8-17-14(19)9-2-5-13(18)16-7-9/h3-4,6,9H,2,5,7-8H2,1H3,(H,16,18)(H,17,19)/t9-/m0/s1. The van der Waals surface area contributed by atoms with Crippen LogP contribution in [0.15, 0.2) is 22.7 Å². The van der Waals surface area contributed by atoms with Crippen molar-refractivity contribution in [3.05, 3.63) is 28.2 Å². The SMILES string of the molecule is COc1ccc(Br)cc1CNC(=O)[C@H]1CCC(=O)NC1. The molecule has 1 heterocycles. The third-order valence-electron chi connectivity index (χ3n) is 3.33. The highest BCUT2D eigenvalue weighted by molar-refractivity contribution is 9.10. The van der Waals surface area contributed by atoms with Gasteiger partial charge in [-0.3, -0.25) is 9.59 Å². The van der Waals surface area contributed by atoms with Crippen LogP contribution >= 0.6 is 15.9 Å². The Kier molecular flexibility index (Phi) is 5.00. The molecule has 20 heavy (non-hydrogen) atoms. The van der Waals surface area contributed by atoms with Crippen molar-refractivity contribution in [1.82, 2.24) is 10.6 Å². The van der Waals surface area contributed by atoms with Crippen molar-refractivity contribution in [2.45, 2.75) is 19.4 Å². The maximum Gasteiger partial charge on any atom is 0.225 e. The van der Waals surface area contributed by atoms with Crippen LogP contribution in [0.5, 0.6) is 5.75 Å². The molecule has 0 aliphatic carbocycles. The van der Waals surface area contributed by atoms with Crippen molar-refractivity contribution in [3.63, 3.8) is 0 Å². The summed E-state index contributed by atoms with van der Waals surface area (Å²) >= 11 is 3.40. The van der Waals surface area contributed by atoms with Crippen molar-refractivity contribution in [3.8, 4) is 5.75 Å². The summed E-state index contributed by atoms with van der Waals surface area (Å²) in [6.45, 7) is 0.826. The molecule has 1 atom stereocenters. The van der Waals surface area contributed by atoms with E-state index in [1.54, 1.807) is 7.11 Å². The monoisotopic (exact) mass is 340 g/mol. The molecule has 1 aromatic carbocycles. The molecule has 0 aromatic heterocycles. The van der Waals surface area contributed by atoms with E-state index in [0.717, 1.165) is 15.8 Å². The molecule has 2 amide bonds. The van der Waals surface area contributed by atoms with Crippen LogP contribution in [0, 0.1) is 5.92 Å². The van der Waals surface area contributed by atoms with Gasteiger partial charge in [-0.15, -0.1) is 0 Å². The molecular weight excluding hydrogens is 324 g/mol. The first-order valence-electron chi connectivity index (χ1n) is 6.47. The highest BCUT2D eigenvalue weighted by atomic mass is 79.9. The summed E-state index contributed by atoms with van der Waals surface area (Å²) in [6.07, 6.45) is 1.02. The Morgan fingerprint density at radius 3 is 3.00 bits per heavy atom. The van der Waals surface area contributed by atoms with Gasteiger partial charge < -0.3 is 15.4 Å². The number of ether oxygens (including phenoxy) is 1. The van der Waals surface area contributed by atoms with E-state index in [1.165, 1.54) is 0 Å². The van der Waals surface area contributed by atoms with Gasteiger partial charge in [-0.25, -0.2) is 0 Å². The van der Waals surface area contributed by atoms with Crippen LogP contribution in [0.25, 0.3) is 0 Å². The number of piperidine rings is 1. The first kappa shape index (κ1) is 14.8. The van der Waals surface area contributed by atoms with Crippen LogP contribution in [0.3, 0.4) is 0 Å². The highest BCUT2D eigenvalue weighted by Crippen LogP contribution is 2.23. The molecule has 1 saturated heterocycles. The Labute approximate surface area is 126 Å². The molecule has 0 bridgehead atoms. The summed E-state index contributed by atoms with van der Waals surface area (Å²) in [5, 5.41) is 5.61. The Morgan fingerprint density at radius 2 is 2.35 bits per heavy atom. The van der Waals surface area contributed by atoms with E-state index in [2.05, 4.69) is 26.6 Å². The predicted molar refractivity (Wildman–Crippen MR) is 78.3 cm³/mol. The lowest BCUT2D eigenvalue weighted by atomic mass is 9.98. The lowest BCUT2D eigenvalue weighted by Gasteiger charge is -2.21. The van der Waals surface area contributed by atoms with Crippen LogP contribution in [-0.4, -0.2) is 25.5 Å². The molecule has 0 unspecified atom stereocenters. The summed E-state index contributed by atoms with van der Waals surface area (Å²) < 4.78 is 6.20. The van der Waals surface area contributed by atoms with Gasteiger partial charge in [0.05, 0.1) is 13.0 Å². The van der Waals surface area contributed by atoms with E-state index in [-0.39, 0.29) is 17.7 Å². The Balaban J connectivity index is 1.93. The number of hydrogen-bond acceptors (Lipinski definition) is 3. The molecule has 108 valence electrons. The molecule has 2 N–H and O–H groups in total. The fraction of sp³-hybridized carbons (Fsp3) is 0.429. The Morgan fingerprint density at radius 1 is 1.55 bits per heavy atom. The van der Waals surface area contributed by atoms with Crippen molar-refractivity contribution < 1.29 is 14.3 Å². The zero-order valence-corrected chi connectivity index (χ0v) is 12.8. The number of nitrogens with one attached hydrogen (secondary N) is 2. The second kappa shape index (κ2) is 6.74. The summed E-state index contributed by atoms with van der Waals surface area (Å²) in [7, 11) is 1.60. The third kappa shape index (κ3) is 3.72. The maximum atomic E-state index is 12.0. The van der Waals surface area contributed by atoms with E-state index < -0.39 is 0 Å². The van der Waals surface area contributed by atoms with E-state index in [1.807, 2.05) is 18.2 Å². The quantitative estimate of drug-likeness (QED) is 0.874. The average molecular weight is 341 g/mol. The zero-order valence-electron chi connectivity index (χ0n) is 11.2. The van der Waals surface area contributed by atoms with E-state index in [4.69, 9.17) is 4.74 Å². The summed E-state index contributed by atoms with van der Waals surface area (Å²) in [4.78, 5) is 23.1. The van der Waals surface area contributed by atoms with Crippen molar-refractivity contribution in [1.29, 1.82) is 0 Å². The van der Waals surface area contributed by atoms with Crippen LogP contribution in [0.1, 0.15) is 18.4 Å². The fourth-order valence-electron chi connectivity index (χ4n) is 2.17. The minimum absolute atomic E-state index is 0.0164. The van der Waals surface area contributed by atoms with Crippen LogP contribution in [0.2, 0.25) is 0 Å². The molecular formula is C14H17BrN2O3. The molecule has 1 aromatic rings. The van der Waals surface area contributed by atoms with Gasteiger partial charge in [-0.1, -0.05) is 15.9 Å². The third-order valence-corrected chi connectivity index (χ3v) is 3.83. The van der Waals surface area contributed by atoms with Crippen molar-refractivity contribution in [2.24, 2.45) is 5.92 Å². The smallest absolute Gasteiger partial charge is 0.225 e. The fourth-order valence-corrected chi connectivity index (χ4v) is 2.58. The summed E-state index contributed by atoms with van der Waals surface area (Å²) in [6, 6.07) is 5.66. The van der Waals surface area contributed by atoms with Crippen LogP contribution < -0.4 is 15.4 Å². The van der Waals surface area contributed by atoms with Gasteiger partial charge in [-0.2, -0.15) is 0 Å². The number of benzene rings is 1. The minimum Gasteiger partial charge on any atom is -0.496 e. The number of hydrogen-bond donors (Lipinski definition) is 2. The van der Waals surface area contributed by atoms with Crippen LogP contribution in [0.4, 0.5) is 0 Å². The lowest BCUT2D eigenvalue weighted by Crippen LogP contribution is -2.42. The molecule has 0 radical (unpaired) electrons. The Hall–Kier alpha value is -1.56. The lowest BCUT2D eigenvalue weighted by molar-refractivity contribution is -0.129. The molecule has 0 saturated carbocycles. The second-order valence-electron chi connectivity index (χ2n) is 4.71. The van der Waals surface area contributed by atoms with Gasteiger partial charge >= 0.3 is 0 Å². The first-order valence-corrected chi connectivity index (χ1v) is 7.26. The summed E-state index contributed by atoms with van der Waals surface area (Å²) in [5.41, 5.74) is 0.912. The molecule has 2 rings (SSSR count). The number of rotatable bonds is 4. The number of halogens is 1. The van der Waals surface area contributed by atoms with Crippen molar-refractivity contribution in [2.75, 3.05) is 13.7 Å². The minimum atomic E-state index is -0.147. The number of amides is 2. The van der Waals surface area contributed by atoms with Crippen LogP contribution in [-0.2, 0) is 16.1 Å². The Bertz CT molecular complexity index is 509. The maximum absolute atomic E-state index is 12.0. The number of methoxy groups -OCH3 is 1. The molecule has 1 aliphatic heterocycles. The number of carbonyl (C=O) groups excluding carboxylic acids is 2. The highest BCUT2D eigenvalue weighted by Gasteiger charge is 2.24. The van der Waals surface area contributed by atoms with E-state index in [9.17, 15) is 9.59 Å². The predicted octanol–water partition coefficient (Wildman–Crippen LogP) is 1.60. The van der Waals surface area contributed by atoms with E-state index >= 15 is 0 Å². The molecule has 1 fully saturated rings. The van der Waals surface area contributed by atoms with Gasteiger partial charge in [0.15, 0.2) is 0 Å².